The maximum absolute atomic E-state index is 12.1. The summed E-state index contributed by atoms with van der Waals surface area (Å²) in [6.07, 6.45) is 3.88. The van der Waals surface area contributed by atoms with E-state index in [2.05, 4.69) is 5.32 Å². The Hall–Kier alpha value is -1.89. The number of aromatic nitrogens is 1. The van der Waals surface area contributed by atoms with Gasteiger partial charge in [0.25, 0.3) is 11.6 Å². The largest absolute Gasteiger partial charge is 0.394 e. The Morgan fingerprint density at radius 3 is 2.84 bits per heavy atom. The molecule has 0 bridgehead atoms. The number of nitrogens with one attached hydrogen (secondary N) is 1. The minimum atomic E-state index is -0.501. The van der Waals surface area contributed by atoms with Gasteiger partial charge in [-0.05, 0) is 19.3 Å². The van der Waals surface area contributed by atoms with E-state index in [9.17, 15) is 14.9 Å². The SMILES string of the molecule is CCC(CO)NC(=O)c1cc([N+](=O)[O-])cn1C1CC1. The van der Waals surface area contributed by atoms with Gasteiger partial charge in [0.1, 0.15) is 5.69 Å². The zero-order valence-corrected chi connectivity index (χ0v) is 10.7. The van der Waals surface area contributed by atoms with Crippen LogP contribution in [0, 0.1) is 10.1 Å². The Balaban J connectivity index is 2.22. The van der Waals surface area contributed by atoms with E-state index in [1.54, 1.807) is 4.57 Å². The molecule has 1 aliphatic carbocycles. The fraction of sp³-hybridized carbons (Fsp3) is 0.583. The van der Waals surface area contributed by atoms with Crippen LogP contribution in [0.5, 0.6) is 0 Å². The molecule has 1 atom stereocenters. The van der Waals surface area contributed by atoms with Crippen LogP contribution >= 0.6 is 0 Å². The second-order valence-electron chi connectivity index (χ2n) is 4.74. The molecule has 1 saturated carbocycles. The molecular weight excluding hydrogens is 250 g/mol. The lowest BCUT2D eigenvalue weighted by atomic mass is 10.2. The number of amides is 1. The van der Waals surface area contributed by atoms with E-state index >= 15 is 0 Å². The lowest BCUT2D eigenvalue weighted by Crippen LogP contribution is -2.37. The first-order chi connectivity index (χ1) is 9.06. The lowest BCUT2D eigenvalue weighted by molar-refractivity contribution is -0.384. The van der Waals surface area contributed by atoms with Gasteiger partial charge >= 0.3 is 0 Å². The Morgan fingerprint density at radius 1 is 1.68 bits per heavy atom. The Kier molecular flexibility index (Phi) is 3.84. The molecule has 1 heterocycles. The van der Waals surface area contributed by atoms with E-state index in [4.69, 9.17) is 5.11 Å². The first-order valence-corrected chi connectivity index (χ1v) is 6.34. The van der Waals surface area contributed by atoms with Crippen LogP contribution in [0.25, 0.3) is 0 Å². The zero-order valence-electron chi connectivity index (χ0n) is 10.7. The first-order valence-electron chi connectivity index (χ1n) is 6.34. The summed E-state index contributed by atoms with van der Waals surface area (Å²) < 4.78 is 1.66. The second-order valence-corrected chi connectivity index (χ2v) is 4.74. The van der Waals surface area contributed by atoms with Gasteiger partial charge in [-0.25, -0.2) is 0 Å². The number of aliphatic hydroxyl groups excluding tert-OH is 1. The monoisotopic (exact) mass is 267 g/mol. The van der Waals surface area contributed by atoms with Gasteiger partial charge in [-0.2, -0.15) is 0 Å². The number of hydrogen-bond acceptors (Lipinski definition) is 4. The minimum Gasteiger partial charge on any atom is -0.394 e. The number of nitro groups is 1. The molecular formula is C12H17N3O4. The van der Waals surface area contributed by atoms with Crippen molar-refractivity contribution in [1.29, 1.82) is 0 Å². The Morgan fingerprint density at radius 2 is 2.37 bits per heavy atom. The topological polar surface area (TPSA) is 97.4 Å². The number of rotatable bonds is 6. The molecule has 1 aromatic heterocycles. The predicted molar refractivity (Wildman–Crippen MR) is 68.0 cm³/mol. The maximum atomic E-state index is 12.1. The summed E-state index contributed by atoms with van der Waals surface area (Å²) in [5, 5.41) is 22.5. The predicted octanol–water partition coefficient (Wildman–Crippen LogP) is 1.23. The molecule has 1 amide bonds. The van der Waals surface area contributed by atoms with Crippen molar-refractivity contribution in [3.05, 3.63) is 28.1 Å². The highest BCUT2D eigenvalue weighted by molar-refractivity contribution is 5.93. The number of nitrogens with zero attached hydrogens (tertiary/aromatic N) is 2. The lowest BCUT2D eigenvalue weighted by Gasteiger charge is -2.14. The average Bonchev–Trinajstić information content (AvgIpc) is 3.13. The molecule has 0 aromatic carbocycles. The summed E-state index contributed by atoms with van der Waals surface area (Å²) in [5.74, 6) is -0.374. The van der Waals surface area contributed by atoms with Gasteiger partial charge in [-0.3, -0.25) is 14.9 Å². The maximum Gasteiger partial charge on any atom is 0.287 e. The van der Waals surface area contributed by atoms with E-state index in [1.165, 1.54) is 12.3 Å². The van der Waals surface area contributed by atoms with Crippen LogP contribution in [0.15, 0.2) is 12.3 Å². The molecule has 7 heteroatoms. The van der Waals surface area contributed by atoms with Gasteiger partial charge in [0.05, 0.1) is 23.8 Å². The highest BCUT2D eigenvalue weighted by Crippen LogP contribution is 2.37. The van der Waals surface area contributed by atoms with Crippen LogP contribution in [0.4, 0.5) is 5.69 Å². The summed E-state index contributed by atoms with van der Waals surface area (Å²) in [6, 6.07) is 1.15. The van der Waals surface area contributed by atoms with Crippen molar-refractivity contribution in [3.63, 3.8) is 0 Å². The van der Waals surface area contributed by atoms with Crippen LogP contribution in [-0.4, -0.2) is 33.2 Å². The Labute approximate surface area is 110 Å². The second kappa shape index (κ2) is 5.40. The van der Waals surface area contributed by atoms with E-state index in [-0.39, 0.29) is 30.3 Å². The molecule has 7 nitrogen and oxygen atoms in total. The smallest absolute Gasteiger partial charge is 0.287 e. The highest BCUT2D eigenvalue weighted by atomic mass is 16.6. The molecule has 19 heavy (non-hydrogen) atoms. The standard InChI is InChI=1S/C12H17N3O4/c1-2-8(7-16)13-12(17)11-5-10(15(18)19)6-14(11)9-3-4-9/h5-6,8-9,16H,2-4,7H2,1H3,(H,13,17). The van der Waals surface area contributed by atoms with Gasteiger partial charge in [-0.1, -0.05) is 6.92 Å². The molecule has 0 saturated heterocycles. The van der Waals surface area contributed by atoms with Crippen molar-refractivity contribution >= 4 is 11.6 Å². The number of hydrogen-bond donors (Lipinski definition) is 2. The van der Waals surface area contributed by atoms with E-state index < -0.39 is 4.92 Å². The number of carbonyl (C=O) groups excluding carboxylic acids is 1. The third-order valence-electron chi connectivity index (χ3n) is 3.27. The van der Waals surface area contributed by atoms with Gasteiger partial charge in [-0.15, -0.1) is 0 Å². The molecule has 0 radical (unpaired) electrons. The third-order valence-corrected chi connectivity index (χ3v) is 3.27. The van der Waals surface area contributed by atoms with Gasteiger partial charge in [0.15, 0.2) is 0 Å². The fourth-order valence-electron chi connectivity index (χ4n) is 1.94. The van der Waals surface area contributed by atoms with Crippen LogP contribution in [0.1, 0.15) is 42.7 Å². The quantitative estimate of drug-likeness (QED) is 0.598. The number of carbonyl (C=O) groups is 1. The summed E-state index contributed by atoms with van der Waals surface area (Å²) in [6.45, 7) is 1.71. The van der Waals surface area contributed by atoms with Gasteiger partial charge < -0.3 is 15.0 Å². The molecule has 1 aromatic rings. The van der Waals surface area contributed by atoms with Crippen molar-refractivity contribution in [2.45, 2.75) is 38.3 Å². The molecule has 1 fully saturated rings. The van der Waals surface area contributed by atoms with Crippen molar-refractivity contribution in [3.8, 4) is 0 Å². The Bertz CT molecular complexity index is 489. The molecule has 1 unspecified atom stereocenters. The molecule has 2 rings (SSSR count). The summed E-state index contributed by atoms with van der Waals surface area (Å²) in [4.78, 5) is 22.4. The minimum absolute atomic E-state index is 0.0749. The van der Waals surface area contributed by atoms with Crippen LogP contribution < -0.4 is 5.32 Å². The third kappa shape index (κ3) is 2.93. The first kappa shape index (κ1) is 13.5. The van der Waals surface area contributed by atoms with Gasteiger partial charge in [0, 0.05) is 12.1 Å². The summed E-state index contributed by atoms with van der Waals surface area (Å²) >= 11 is 0. The van der Waals surface area contributed by atoms with E-state index in [1.807, 2.05) is 6.92 Å². The summed E-state index contributed by atoms with van der Waals surface area (Å²) in [5.41, 5.74) is 0.218. The van der Waals surface area contributed by atoms with Crippen molar-refractivity contribution in [2.75, 3.05) is 6.61 Å². The van der Waals surface area contributed by atoms with Crippen LogP contribution in [0.2, 0.25) is 0 Å². The fourth-order valence-corrected chi connectivity index (χ4v) is 1.94. The van der Waals surface area contributed by atoms with Crippen LogP contribution in [-0.2, 0) is 0 Å². The van der Waals surface area contributed by atoms with Crippen molar-refractivity contribution in [2.24, 2.45) is 0 Å². The summed E-state index contributed by atoms with van der Waals surface area (Å²) in [7, 11) is 0. The van der Waals surface area contributed by atoms with E-state index in [0.29, 0.717) is 12.1 Å². The molecule has 1 aliphatic rings. The molecule has 0 aliphatic heterocycles. The molecule has 104 valence electrons. The normalized spacial score (nSPS) is 16.1. The molecule has 0 spiro atoms. The highest BCUT2D eigenvalue weighted by Gasteiger charge is 2.30. The zero-order chi connectivity index (χ0) is 14.0. The van der Waals surface area contributed by atoms with Gasteiger partial charge in [0.2, 0.25) is 0 Å². The van der Waals surface area contributed by atoms with Crippen molar-refractivity contribution < 1.29 is 14.8 Å². The molecule has 2 N–H and O–H groups in total. The van der Waals surface area contributed by atoms with E-state index in [0.717, 1.165) is 12.8 Å². The average molecular weight is 267 g/mol. The van der Waals surface area contributed by atoms with Crippen LogP contribution in [0.3, 0.4) is 0 Å². The van der Waals surface area contributed by atoms with Crippen molar-refractivity contribution in [1.82, 2.24) is 9.88 Å². The number of aliphatic hydroxyl groups is 1.